The molecule has 31 heavy (non-hydrogen) atoms. The largest absolute Gasteiger partial charge is 0.444 e. The highest BCUT2D eigenvalue weighted by molar-refractivity contribution is 5.90. The van der Waals surface area contributed by atoms with Gasteiger partial charge in [-0.05, 0) is 66.0 Å². The van der Waals surface area contributed by atoms with Crippen LogP contribution < -0.4 is 10.6 Å². The Hall–Kier alpha value is -2.57. The minimum Gasteiger partial charge on any atom is -0.444 e. The number of benzene rings is 1. The van der Waals surface area contributed by atoms with E-state index in [1.807, 2.05) is 52.8 Å². The van der Waals surface area contributed by atoms with E-state index in [-0.39, 0.29) is 24.4 Å². The molecule has 0 saturated heterocycles. The summed E-state index contributed by atoms with van der Waals surface area (Å²) in [5.74, 6) is -0.563. The summed E-state index contributed by atoms with van der Waals surface area (Å²) >= 11 is 0. The molecule has 7 nitrogen and oxygen atoms in total. The number of unbranched alkanes of at least 4 members (excludes halogenated alkanes) is 1. The molecule has 174 valence electrons. The maximum absolute atomic E-state index is 13.2. The first-order valence-corrected chi connectivity index (χ1v) is 11.0. The van der Waals surface area contributed by atoms with Gasteiger partial charge in [-0.3, -0.25) is 9.59 Å². The number of amides is 3. The molecule has 3 amide bonds. The molecule has 0 aromatic heterocycles. The molecule has 0 bridgehead atoms. The summed E-state index contributed by atoms with van der Waals surface area (Å²) in [6.07, 6.45) is 0.953. The van der Waals surface area contributed by atoms with Gasteiger partial charge in [0, 0.05) is 12.6 Å². The van der Waals surface area contributed by atoms with Gasteiger partial charge >= 0.3 is 6.09 Å². The van der Waals surface area contributed by atoms with E-state index in [1.165, 1.54) is 0 Å². The van der Waals surface area contributed by atoms with Crippen molar-refractivity contribution in [2.24, 2.45) is 0 Å². The molecule has 0 aliphatic carbocycles. The molecule has 0 spiro atoms. The van der Waals surface area contributed by atoms with Crippen molar-refractivity contribution in [3.05, 3.63) is 34.9 Å². The maximum atomic E-state index is 13.2. The van der Waals surface area contributed by atoms with Crippen molar-refractivity contribution < 1.29 is 19.1 Å². The van der Waals surface area contributed by atoms with Crippen LogP contribution in [0.5, 0.6) is 0 Å². The second-order valence-corrected chi connectivity index (χ2v) is 9.22. The molecule has 0 fully saturated rings. The Kier molecular flexibility index (Phi) is 10.0. The van der Waals surface area contributed by atoms with Crippen molar-refractivity contribution in [2.75, 3.05) is 13.1 Å². The molecule has 1 aromatic rings. The van der Waals surface area contributed by atoms with Crippen LogP contribution in [0.15, 0.2) is 18.2 Å². The van der Waals surface area contributed by atoms with Gasteiger partial charge in [0.05, 0.1) is 0 Å². The molecular formula is C24H39N3O4. The molecule has 0 aliphatic rings. The highest BCUT2D eigenvalue weighted by Gasteiger charge is 2.32. The van der Waals surface area contributed by atoms with Crippen molar-refractivity contribution in [1.29, 1.82) is 0 Å². The van der Waals surface area contributed by atoms with Crippen LogP contribution >= 0.6 is 0 Å². The van der Waals surface area contributed by atoms with Crippen LogP contribution in [-0.2, 0) is 14.3 Å². The Balaban J connectivity index is 3.22. The Morgan fingerprint density at radius 3 is 2.29 bits per heavy atom. The van der Waals surface area contributed by atoms with Gasteiger partial charge in [0.2, 0.25) is 11.8 Å². The molecule has 1 aromatic carbocycles. The lowest BCUT2D eigenvalue weighted by atomic mass is 9.96. The summed E-state index contributed by atoms with van der Waals surface area (Å²) in [6, 6.07) is 5.01. The van der Waals surface area contributed by atoms with E-state index in [1.54, 1.807) is 25.7 Å². The van der Waals surface area contributed by atoms with Gasteiger partial charge in [-0.2, -0.15) is 0 Å². The average molecular weight is 434 g/mol. The zero-order valence-electron chi connectivity index (χ0n) is 20.3. The van der Waals surface area contributed by atoms with E-state index in [0.29, 0.717) is 6.54 Å². The monoisotopic (exact) mass is 433 g/mol. The molecule has 1 rings (SSSR count). The minimum atomic E-state index is -0.775. The quantitative estimate of drug-likeness (QED) is 0.616. The molecule has 0 saturated carbocycles. The van der Waals surface area contributed by atoms with E-state index in [4.69, 9.17) is 4.74 Å². The number of ether oxygens (including phenoxy) is 1. The van der Waals surface area contributed by atoms with Crippen molar-refractivity contribution >= 4 is 17.9 Å². The van der Waals surface area contributed by atoms with Crippen LogP contribution in [-0.4, -0.2) is 47.5 Å². The van der Waals surface area contributed by atoms with Crippen LogP contribution in [0.3, 0.4) is 0 Å². The Labute approximate surface area is 186 Å². The zero-order valence-corrected chi connectivity index (χ0v) is 20.3. The third-order valence-electron chi connectivity index (χ3n) is 4.57. The topological polar surface area (TPSA) is 87.7 Å². The van der Waals surface area contributed by atoms with Crippen LogP contribution in [0, 0.1) is 13.8 Å². The Morgan fingerprint density at radius 1 is 1.13 bits per heavy atom. The normalized spacial score (nSPS) is 12.3. The van der Waals surface area contributed by atoms with Crippen molar-refractivity contribution in [2.45, 2.75) is 85.9 Å². The summed E-state index contributed by atoms with van der Waals surface area (Å²) in [5, 5.41) is 5.47. The number of nitrogens with zero attached hydrogens (tertiary/aromatic N) is 1. The van der Waals surface area contributed by atoms with Gasteiger partial charge in [0.25, 0.3) is 0 Å². The highest BCUT2D eigenvalue weighted by atomic mass is 16.6. The first-order chi connectivity index (χ1) is 14.4. The second-order valence-electron chi connectivity index (χ2n) is 9.22. The molecular weight excluding hydrogens is 394 g/mol. The van der Waals surface area contributed by atoms with Gasteiger partial charge in [-0.15, -0.1) is 0 Å². The predicted molar refractivity (Wildman–Crippen MR) is 123 cm³/mol. The predicted octanol–water partition coefficient (Wildman–Crippen LogP) is 4.02. The number of carbonyl (C=O) groups is 3. The molecule has 1 unspecified atom stereocenters. The fourth-order valence-corrected chi connectivity index (χ4v) is 3.24. The van der Waals surface area contributed by atoms with Crippen LogP contribution in [0.25, 0.3) is 0 Å². The molecule has 1 atom stereocenters. The van der Waals surface area contributed by atoms with E-state index >= 15 is 0 Å². The van der Waals surface area contributed by atoms with Gasteiger partial charge in [-0.25, -0.2) is 4.79 Å². The highest BCUT2D eigenvalue weighted by Crippen LogP contribution is 2.26. The molecule has 7 heteroatoms. The summed E-state index contributed by atoms with van der Waals surface area (Å²) in [7, 11) is 0. The minimum absolute atomic E-state index is 0.0660. The second kappa shape index (κ2) is 11.7. The first-order valence-electron chi connectivity index (χ1n) is 11.0. The van der Waals surface area contributed by atoms with Crippen molar-refractivity contribution in [3.63, 3.8) is 0 Å². The number of nitrogens with one attached hydrogen (secondary N) is 2. The van der Waals surface area contributed by atoms with Gasteiger partial charge in [0.1, 0.15) is 18.2 Å². The third kappa shape index (κ3) is 8.99. The number of aryl methyl sites for hydroxylation is 2. The van der Waals surface area contributed by atoms with Gasteiger partial charge in [0.15, 0.2) is 0 Å². The lowest BCUT2D eigenvalue weighted by molar-refractivity contribution is -0.140. The van der Waals surface area contributed by atoms with E-state index in [0.717, 1.165) is 29.5 Å². The fourth-order valence-electron chi connectivity index (χ4n) is 3.24. The van der Waals surface area contributed by atoms with Crippen molar-refractivity contribution in [1.82, 2.24) is 15.5 Å². The Morgan fingerprint density at radius 2 is 1.77 bits per heavy atom. The van der Waals surface area contributed by atoms with Gasteiger partial charge in [-0.1, -0.05) is 37.1 Å². The summed E-state index contributed by atoms with van der Waals surface area (Å²) in [5.41, 5.74) is 2.15. The number of carbonyl (C=O) groups excluding carboxylic acids is 3. The SMILES string of the molecule is CCCCN(C(=O)CNC(=O)OC(C)(C)C)C(C(=O)NC(C)C)c1ccc(C)cc1C. The standard InChI is InChI=1S/C24H39N3O4/c1-9-10-13-27(20(28)15-25-23(30)31-24(6,7)8)21(22(29)26-16(2)3)19-12-11-17(4)14-18(19)5/h11-12,14,16,21H,9-10,13,15H2,1-8H3,(H,25,30)(H,26,29). The fraction of sp³-hybridized carbons (Fsp3) is 0.625. The molecule has 0 radical (unpaired) electrons. The molecule has 0 aliphatic heterocycles. The number of rotatable bonds is 9. The van der Waals surface area contributed by atoms with Gasteiger partial charge < -0.3 is 20.3 Å². The zero-order chi connectivity index (χ0) is 23.8. The van der Waals surface area contributed by atoms with Crippen LogP contribution in [0.4, 0.5) is 4.79 Å². The number of hydrogen-bond acceptors (Lipinski definition) is 4. The van der Waals surface area contributed by atoms with E-state index < -0.39 is 17.7 Å². The third-order valence-corrected chi connectivity index (χ3v) is 4.57. The number of alkyl carbamates (subject to hydrolysis) is 1. The van der Waals surface area contributed by atoms with Crippen LogP contribution in [0.1, 0.15) is 77.1 Å². The lowest BCUT2D eigenvalue weighted by Gasteiger charge is -2.33. The summed E-state index contributed by atoms with van der Waals surface area (Å²) < 4.78 is 5.23. The molecule has 2 N–H and O–H groups in total. The van der Waals surface area contributed by atoms with Crippen LogP contribution in [0.2, 0.25) is 0 Å². The summed E-state index contributed by atoms with van der Waals surface area (Å²) in [4.78, 5) is 40.0. The smallest absolute Gasteiger partial charge is 0.408 e. The Bertz CT molecular complexity index is 769. The van der Waals surface area contributed by atoms with E-state index in [2.05, 4.69) is 10.6 Å². The summed E-state index contributed by atoms with van der Waals surface area (Å²) in [6.45, 7) is 15.2. The van der Waals surface area contributed by atoms with Crippen molar-refractivity contribution in [3.8, 4) is 0 Å². The first kappa shape index (κ1) is 26.5. The molecule has 0 heterocycles. The lowest BCUT2D eigenvalue weighted by Crippen LogP contribution is -2.49. The maximum Gasteiger partial charge on any atom is 0.408 e. The average Bonchev–Trinajstić information content (AvgIpc) is 2.62. The van der Waals surface area contributed by atoms with E-state index in [9.17, 15) is 14.4 Å². The number of hydrogen-bond donors (Lipinski definition) is 2.